The normalized spacial score (nSPS) is 13.0. The van der Waals surface area contributed by atoms with Crippen molar-refractivity contribution in [2.45, 2.75) is 77.0 Å². The van der Waals surface area contributed by atoms with Crippen LogP contribution in [0.4, 0.5) is 31.5 Å². The number of rotatable bonds is 28. The van der Waals surface area contributed by atoms with Gasteiger partial charge in [-0.05, 0) is 186 Å². The molecule has 0 bridgehead atoms. The summed E-state index contributed by atoms with van der Waals surface area (Å²) in [5.74, 6) is -1.32. The van der Waals surface area contributed by atoms with Gasteiger partial charge in [-0.1, -0.05) is 23.2 Å². The Hall–Kier alpha value is -8.54. The van der Waals surface area contributed by atoms with Crippen LogP contribution in [0.15, 0.2) is 134 Å². The Bertz CT molecular complexity index is 3720. The number of amides is 4. The molecule has 8 aromatic rings. The van der Waals surface area contributed by atoms with Crippen molar-refractivity contribution in [2.75, 3.05) is 48.7 Å². The fourth-order valence-electron chi connectivity index (χ4n) is 9.43. The molecule has 20 nitrogen and oxygen atoms in total. The van der Waals surface area contributed by atoms with E-state index in [0.717, 1.165) is 0 Å². The standard InChI is InChI=1S/2C33H31ClFN3O7.Ca/c2*1-43-28-18-23-25(19-29(28)44-16-4-2-3-5-30(39)40)36-15-12-26(23)45-27-11-10-22(17-24(27)34)38-32(42)33(13-14-33)31(41)37-21-8-6-20(35)7-9-21;/h2*6-12,15,17-19H,2-5,13-14,16H2,1H3,(H,37,41)(H,38,42)(H,39,40);/q;;+2/p-2. The van der Waals surface area contributed by atoms with Crippen molar-refractivity contribution < 1.29 is 76.2 Å². The molecule has 2 fully saturated rings. The van der Waals surface area contributed by atoms with Crippen LogP contribution in [-0.2, 0) is 28.8 Å². The van der Waals surface area contributed by atoms with Gasteiger partial charge in [0.1, 0.15) is 45.5 Å². The number of nitrogens with zero attached hydrogens (tertiary/aromatic N) is 2. The number of methoxy groups -OCH3 is 2. The van der Waals surface area contributed by atoms with E-state index in [1.807, 2.05) is 0 Å². The number of halogens is 4. The quantitative estimate of drug-likeness (QED) is 0.0201. The average Bonchev–Trinajstić information content (AvgIpc) is 1.73. The van der Waals surface area contributed by atoms with Crippen molar-refractivity contribution in [1.82, 2.24) is 9.97 Å². The van der Waals surface area contributed by atoms with Gasteiger partial charge in [0.2, 0.25) is 23.6 Å². The van der Waals surface area contributed by atoms with Crippen molar-refractivity contribution in [3.8, 4) is 46.0 Å². The summed E-state index contributed by atoms with van der Waals surface area (Å²) in [6.07, 6.45) is 8.53. The smallest absolute Gasteiger partial charge is 0.550 e. The number of hydrogen-bond donors (Lipinski definition) is 4. The first-order chi connectivity index (χ1) is 43.4. The maximum atomic E-state index is 13.2. The Balaban J connectivity index is 0.000000232. The van der Waals surface area contributed by atoms with Crippen molar-refractivity contribution in [3.63, 3.8) is 0 Å². The van der Waals surface area contributed by atoms with E-state index in [0.29, 0.717) is 168 Å². The second-order valence-electron chi connectivity index (χ2n) is 21.2. The molecule has 0 atom stereocenters. The Labute approximate surface area is 561 Å². The number of carbonyl (C=O) groups is 6. The van der Waals surface area contributed by atoms with E-state index in [2.05, 4.69) is 31.2 Å². The number of pyridine rings is 2. The van der Waals surface area contributed by atoms with Crippen molar-refractivity contribution in [3.05, 3.63) is 155 Å². The van der Waals surface area contributed by atoms with Crippen molar-refractivity contribution in [1.29, 1.82) is 0 Å². The molecule has 2 saturated carbocycles. The van der Waals surface area contributed by atoms with E-state index in [4.69, 9.17) is 51.6 Å². The second-order valence-corrected chi connectivity index (χ2v) is 22.0. The molecule has 2 aromatic heterocycles. The largest absolute Gasteiger partial charge is 2.00 e. The molecule has 4 N–H and O–H groups in total. The van der Waals surface area contributed by atoms with E-state index >= 15 is 0 Å². The van der Waals surface area contributed by atoms with Crippen LogP contribution in [0.25, 0.3) is 21.8 Å². The van der Waals surface area contributed by atoms with E-state index in [9.17, 15) is 47.8 Å². The van der Waals surface area contributed by atoms with Gasteiger partial charge in [0, 0.05) is 70.0 Å². The molecular weight excluding hydrogens is 1250 g/mol. The molecule has 91 heavy (non-hydrogen) atoms. The van der Waals surface area contributed by atoms with Crippen LogP contribution in [-0.4, -0.2) is 111 Å². The first-order valence-corrected chi connectivity index (χ1v) is 29.4. The monoisotopic (exact) mass is 1310 g/mol. The first-order valence-electron chi connectivity index (χ1n) is 28.7. The molecule has 0 radical (unpaired) electrons. The van der Waals surface area contributed by atoms with Crippen LogP contribution in [0.2, 0.25) is 10.0 Å². The average molecular weight is 1310 g/mol. The number of nitrogens with one attached hydrogen (secondary N) is 4. The van der Waals surface area contributed by atoms with E-state index in [1.165, 1.54) is 74.9 Å². The summed E-state index contributed by atoms with van der Waals surface area (Å²) < 4.78 is 61.5. The van der Waals surface area contributed by atoms with Crippen LogP contribution < -0.4 is 59.9 Å². The van der Waals surface area contributed by atoms with Gasteiger partial charge in [-0.25, -0.2) is 8.78 Å². The number of anilines is 4. The SMILES string of the molecule is COc1cc2c(Oc3ccc(NC(=O)C4(C(=O)Nc5ccc(F)cc5)CC4)cc3Cl)ccnc2cc1OCCCCCC(=O)[O-].COc1cc2c(Oc3ccc(NC(=O)C4(C(=O)Nc5ccc(F)cc5)CC4)cc3Cl)ccnc2cc1OCCCCCC(=O)[O-].[Ca+2]. The number of ether oxygens (including phenoxy) is 6. The van der Waals surface area contributed by atoms with E-state index in [1.54, 1.807) is 73.1 Å². The zero-order valence-corrected chi connectivity index (χ0v) is 53.2. The third kappa shape index (κ3) is 17.9. The van der Waals surface area contributed by atoms with Crippen LogP contribution in [0, 0.1) is 22.5 Å². The summed E-state index contributed by atoms with van der Waals surface area (Å²) in [4.78, 5) is 81.9. The summed E-state index contributed by atoms with van der Waals surface area (Å²) in [5.41, 5.74) is 0.331. The summed E-state index contributed by atoms with van der Waals surface area (Å²) in [7, 11) is 3.04. The van der Waals surface area contributed by atoms with Gasteiger partial charge in [0.25, 0.3) is 0 Å². The van der Waals surface area contributed by atoms with Gasteiger partial charge in [-0.15, -0.1) is 0 Å². The number of carboxylic acid groups (broad SMARTS) is 2. The Morgan fingerprint density at radius 3 is 1.13 bits per heavy atom. The molecule has 6 aromatic carbocycles. The minimum Gasteiger partial charge on any atom is -0.550 e. The van der Waals surface area contributed by atoms with Gasteiger partial charge in [-0.2, -0.15) is 0 Å². The second kappa shape index (κ2) is 31.5. The molecule has 2 aliphatic carbocycles. The molecule has 0 aliphatic heterocycles. The number of fused-ring (bicyclic) bond motifs is 2. The molecule has 468 valence electrons. The number of unbranched alkanes of at least 4 members (excludes halogenated alkanes) is 4. The summed E-state index contributed by atoms with van der Waals surface area (Å²) >= 11 is 13.1. The van der Waals surface area contributed by atoms with Gasteiger partial charge in [-0.3, -0.25) is 29.1 Å². The number of carboxylic acids is 2. The third-order valence-electron chi connectivity index (χ3n) is 14.8. The van der Waals surface area contributed by atoms with Crippen LogP contribution in [0.3, 0.4) is 0 Å². The summed E-state index contributed by atoms with van der Waals surface area (Å²) in [5, 5.41) is 33.8. The van der Waals surface area contributed by atoms with Crippen molar-refractivity contribution >= 4 is 141 Å². The maximum absolute atomic E-state index is 13.2. The van der Waals surface area contributed by atoms with Crippen LogP contribution >= 0.6 is 23.2 Å². The summed E-state index contributed by atoms with van der Waals surface area (Å²) in [6.45, 7) is 0.757. The summed E-state index contributed by atoms with van der Waals surface area (Å²) in [6, 6.07) is 30.5. The molecule has 2 heterocycles. The molecule has 0 saturated heterocycles. The predicted molar refractivity (Wildman–Crippen MR) is 334 cm³/mol. The van der Waals surface area contributed by atoms with Gasteiger partial charge in [0.05, 0.1) is 48.5 Å². The Morgan fingerprint density at radius 2 is 0.802 bits per heavy atom. The number of aliphatic carboxylic acids is 2. The molecule has 2 aliphatic rings. The molecule has 25 heteroatoms. The molecule has 4 amide bonds. The van der Waals surface area contributed by atoms with Crippen LogP contribution in [0.1, 0.15) is 77.0 Å². The van der Waals surface area contributed by atoms with Gasteiger partial charge in [0.15, 0.2) is 23.0 Å². The van der Waals surface area contributed by atoms with E-state index in [-0.39, 0.29) is 60.6 Å². The van der Waals surface area contributed by atoms with Gasteiger partial charge >= 0.3 is 37.7 Å². The Morgan fingerprint density at radius 1 is 0.451 bits per heavy atom. The fourth-order valence-corrected chi connectivity index (χ4v) is 9.87. The zero-order valence-electron chi connectivity index (χ0n) is 49.4. The minimum atomic E-state index is -1.22. The molecule has 0 spiro atoms. The minimum absolute atomic E-state index is 0. The number of aromatic nitrogens is 2. The van der Waals surface area contributed by atoms with Crippen LogP contribution in [0.5, 0.6) is 46.0 Å². The van der Waals surface area contributed by atoms with Gasteiger partial charge < -0.3 is 69.5 Å². The number of hydrogen-bond acceptors (Lipinski definition) is 16. The molecular formula is C66H60CaCl2F2N6O14. The molecule has 10 rings (SSSR count). The number of benzene rings is 6. The topological polar surface area (TPSA) is 278 Å². The Kier molecular flexibility index (Phi) is 23.6. The molecule has 0 unspecified atom stereocenters. The van der Waals surface area contributed by atoms with E-state index < -0.39 is 58.0 Å². The third-order valence-corrected chi connectivity index (χ3v) is 15.4. The number of carbonyl (C=O) groups excluding carboxylic acids is 6. The maximum Gasteiger partial charge on any atom is 2.00 e. The van der Waals surface area contributed by atoms with Crippen molar-refractivity contribution in [2.24, 2.45) is 10.8 Å². The predicted octanol–water partition coefficient (Wildman–Crippen LogP) is 11.4. The zero-order chi connectivity index (χ0) is 64.0. The first kappa shape index (κ1) is 68.4. The fraction of sp³-hybridized carbons (Fsp3) is 0.273.